The van der Waals surface area contributed by atoms with Gasteiger partial charge in [0, 0.05) is 49.0 Å². The molecule has 2 saturated heterocycles. The first-order chi connectivity index (χ1) is 16.5. The van der Waals surface area contributed by atoms with Crippen LogP contribution in [0, 0.1) is 5.82 Å². The maximum absolute atomic E-state index is 13.5. The number of aromatic nitrogens is 2. The van der Waals surface area contributed by atoms with Crippen molar-refractivity contribution in [2.45, 2.75) is 18.6 Å². The van der Waals surface area contributed by atoms with Crippen molar-refractivity contribution in [3.8, 4) is 5.75 Å². The second-order valence-corrected chi connectivity index (χ2v) is 8.56. The predicted molar refractivity (Wildman–Crippen MR) is 128 cm³/mol. The fourth-order valence-electron chi connectivity index (χ4n) is 4.30. The van der Waals surface area contributed by atoms with Crippen LogP contribution < -0.4 is 15.4 Å². The molecule has 2 atom stereocenters. The van der Waals surface area contributed by atoms with Crippen molar-refractivity contribution in [1.82, 2.24) is 14.9 Å². The lowest BCUT2D eigenvalue weighted by atomic mass is 9.99. The van der Waals surface area contributed by atoms with Crippen LogP contribution in [-0.2, 0) is 9.53 Å². The second kappa shape index (κ2) is 9.54. The van der Waals surface area contributed by atoms with Crippen LogP contribution in [0.1, 0.15) is 6.42 Å². The average Bonchev–Trinajstić information content (AvgIpc) is 3.19. The van der Waals surface area contributed by atoms with E-state index in [9.17, 15) is 9.18 Å². The van der Waals surface area contributed by atoms with E-state index in [0.29, 0.717) is 52.5 Å². The first-order valence-electron chi connectivity index (χ1n) is 10.9. The number of hydrogen-bond acceptors (Lipinski definition) is 7. The van der Waals surface area contributed by atoms with Gasteiger partial charge in [-0.3, -0.25) is 9.69 Å². The number of amides is 1. The van der Waals surface area contributed by atoms with Crippen LogP contribution in [0.5, 0.6) is 5.75 Å². The number of benzene rings is 2. The standard InChI is InChI=1S/C24H23ClFN5O3/c1-33-21-11-18-15(24(28-13-27-18)29-14-4-5-17(26)16(25)9-14)10-19(21)30-23(32)3-2-7-31-12-22-20(31)6-8-34-22/h2-5,9-11,13,20,22H,6-8,12H2,1H3,(H,30,32)(H,27,28,29). The van der Waals surface area contributed by atoms with E-state index in [1.165, 1.54) is 31.6 Å². The van der Waals surface area contributed by atoms with E-state index in [4.69, 9.17) is 21.1 Å². The minimum Gasteiger partial charge on any atom is -0.494 e. The highest BCUT2D eigenvalue weighted by molar-refractivity contribution is 6.31. The van der Waals surface area contributed by atoms with Crippen molar-refractivity contribution < 1.29 is 18.7 Å². The van der Waals surface area contributed by atoms with Gasteiger partial charge < -0.3 is 20.1 Å². The molecular weight excluding hydrogens is 461 g/mol. The lowest BCUT2D eigenvalue weighted by molar-refractivity contribution is -0.112. The molecule has 0 radical (unpaired) electrons. The first kappa shape index (κ1) is 22.5. The minimum atomic E-state index is -0.506. The molecule has 2 aromatic carbocycles. The molecular formula is C24H23ClFN5O3. The van der Waals surface area contributed by atoms with E-state index in [1.807, 2.05) is 6.08 Å². The van der Waals surface area contributed by atoms with Crippen LogP contribution in [0.2, 0.25) is 5.02 Å². The molecule has 0 spiro atoms. The van der Waals surface area contributed by atoms with Gasteiger partial charge in [-0.15, -0.1) is 0 Å². The quantitative estimate of drug-likeness (QED) is 0.488. The highest BCUT2D eigenvalue weighted by atomic mass is 35.5. The van der Waals surface area contributed by atoms with Crippen LogP contribution >= 0.6 is 11.6 Å². The summed E-state index contributed by atoms with van der Waals surface area (Å²) in [5, 5.41) is 6.64. The molecule has 0 aliphatic carbocycles. The molecule has 3 aromatic rings. The first-order valence-corrected chi connectivity index (χ1v) is 11.3. The van der Waals surface area contributed by atoms with Gasteiger partial charge in [0.15, 0.2) is 0 Å². The number of likely N-dealkylation sites (tertiary alicyclic amines) is 1. The number of anilines is 3. The summed E-state index contributed by atoms with van der Waals surface area (Å²) in [6.07, 6.45) is 6.17. The van der Waals surface area contributed by atoms with E-state index in [2.05, 4.69) is 25.5 Å². The summed E-state index contributed by atoms with van der Waals surface area (Å²) in [6.45, 7) is 2.42. The molecule has 0 bridgehead atoms. The summed E-state index contributed by atoms with van der Waals surface area (Å²) < 4.78 is 24.6. The topological polar surface area (TPSA) is 88.6 Å². The number of carbonyl (C=O) groups is 1. The number of carbonyl (C=O) groups excluding carboxylic acids is 1. The van der Waals surface area contributed by atoms with Gasteiger partial charge in [0.2, 0.25) is 5.91 Å². The van der Waals surface area contributed by atoms with E-state index in [-0.39, 0.29) is 10.9 Å². The zero-order valence-corrected chi connectivity index (χ0v) is 19.2. The smallest absolute Gasteiger partial charge is 0.248 e. The lowest BCUT2D eigenvalue weighted by Crippen LogP contribution is -2.57. The third-order valence-corrected chi connectivity index (χ3v) is 6.35. The summed E-state index contributed by atoms with van der Waals surface area (Å²) in [5.41, 5.74) is 1.66. The summed E-state index contributed by atoms with van der Waals surface area (Å²) >= 11 is 5.89. The van der Waals surface area contributed by atoms with E-state index >= 15 is 0 Å². The fraction of sp³-hybridized carbons (Fsp3) is 0.292. The normalized spacial score (nSPS) is 19.7. The third-order valence-electron chi connectivity index (χ3n) is 6.06. The molecule has 1 aromatic heterocycles. The average molecular weight is 484 g/mol. The Kier molecular flexibility index (Phi) is 6.32. The summed E-state index contributed by atoms with van der Waals surface area (Å²) in [6, 6.07) is 8.23. The molecule has 5 rings (SSSR count). The van der Waals surface area contributed by atoms with Gasteiger partial charge in [-0.1, -0.05) is 17.7 Å². The van der Waals surface area contributed by atoms with Crippen LogP contribution in [-0.4, -0.2) is 59.7 Å². The molecule has 2 N–H and O–H groups in total. The maximum atomic E-state index is 13.5. The molecule has 2 aliphatic heterocycles. The third kappa shape index (κ3) is 4.54. The number of fused-ring (bicyclic) bond motifs is 2. The molecule has 2 unspecified atom stereocenters. The Morgan fingerprint density at radius 3 is 3.03 bits per heavy atom. The maximum Gasteiger partial charge on any atom is 0.248 e. The van der Waals surface area contributed by atoms with E-state index < -0.39 is 5.82 Å². The molecule has 2 fully saturated rings. The molecule has 10 heteroatoms. The highest BCUT2D eigenvalue weighted by Gasteiger charge is 2.42. The molecule has 0 saturated carbocycles. The highest BCUT2D eigenvalue weighted by Crippen LogP contribution is 2.34. The van der Waals surface area contributed by atoms with Crippen molar-refractivity contribution in [3.63, 3.8) is 0 Å². The Labute approximate surface area is 200 Å². The van der Waals surface area contributed by atoms with Gasteiger partial charge in [-0.05, 0) is 30.7 Å². The van der Waals surface area contributed by atoms with Gasteiger partial charge in [0.05, 0.1) is 29.4 Å². The number of rotatable bonds is 7. The van der Waals surface area contributed by atoms with Gasteiger partial charge >= 0.3 is 0 Å². The van der Waals surface area contributed by atoms with Crippen molar-refractivity contribution >= 4 is 45.6 Å². The number of ether oxygens (including phenoxy) is 2. The second-order valence-electron chi connectivity index (χ2n) is 8.16. The Balaban J connectivity index is 1.33. The Morgan fingerprint density at radius 2 is 2.24 bits per heavy atom. The Hall–Kier alpha value is -3.27. The van der Waals surface area contributed by atoms with Crippen molar-refractivity contribution in [3.05, 3.63) is 59.7 Å². The van der Waals surface area contributed by atoms with Crippen molar-refractivity contribution in [2.75, 3.05) is 37.4 Å². The number of nitrogens with zero attached hydrogens (tertiary/aromatic N) is 3. The zero-order valence-electron chi connectivity index (χ0n) is 18.4. The SMILES string of the molecule is COc1cc2ncnc(Nc3ccc(F)c(Cl)c3)c2cc1NC(=O)C=CCN1CC2OCCC21. The Morgan fingerprint density at radius 1 is 1.35 bits per heavy atom. The molecule has 2 aliphatic rings. The molecule has 8 nitrogen and oxygen atoms in total. The molecule has 1 amide bonds. The van der Waals surface area contributed by atoms with Crippen molar-refractivity contribution in [1.29, 1.82) is 0 Å². The van der Waals surface area contributed by atoms with Crippen LogP contribution in [0.4, 0.5) is 21.6 Å². The van der Waals surface area contributed by atoms with Crippen LogP contribution in [0.3, 0.4) is 0 Å². The fourth-order valence-corrected chi connectivity index (χ4v) is 4.48. The molecule has 3 heterocycles. The van der Waals surface area contributed by atoms with Crippen LogP contribution in [0.25, 0.3) is 10.9 Å². The van der Waals surface area contributed by atoms with Gasteiger partial charge in [0.1, 0.15) is 23.7 Å². The van der Waals surface area contributed by atoms with E-state index in [1.54, 1.807) is 18.2 Å². The number of hydrogen-bond donors (Lipinski definition) is 2. The number of nitrogens with one attached hydrogen (secondary N) is 2. The number of methoxy groups -OCH3 is 1. The molecule has 34 heavy (non-hydrogen) atoms. The zero-order chi connectivity index (χ0) is 23.7. The monoisotopic (exact) mass is 483 g/mol. The minimum absolute atomic E-state index is 0.000948. The summed E-state index contributed by atoms with van der Waals surface area (Å²) in [4.78, 5) is 23.5. The predicted octanol–water partition coefficient (Wildman–Crippen LogP) is 4.14. The summed E-state index contributed by atoms with van der Waals surface area (Å²) in [7, 11) is 1.53. The van der Waals surface area contributed by atoms with Crippen LogP contribution in [0.15, 0.2) is 48.8 Å². The van der Waals surface area contributed by atoms with E-state index in [0.717, 1.165) is 19.6 Å². The van der Waals surface area contributed by atoms with Crippen molar-refractivity contribution in [2.24, 2.45) is 0 Å². The largest absolute Gasteiger partial charge is 0.494 e. The van der Waals surface area contributed by atoms with Gasteiger partial charge in [-0.25, -0.2) is 14.4 Å². The Bertz CT molecular complexity index is 1270. The lowest BCUT2D eigenvalue weighted by Gasteiger charge is -2.42. The van der Waals surface area contributed by atoms with Gasteiger partial charge in [0.25, 0.3) is 0 Å². The summed E-state index contributed by atoms with van der Waals surface area (Å²) in [5.74, 6) is 0.173. The number of halogens is 2. The molecule has 176 valence electrons. The van der Waals surface area contributed by atoms with Gasteiger partial charge in [-0.2, -0.15) is 0 Å².